The average molecular weight is 189 g/mol. The lowest BCUT2D eigenvalue weighted by atomic mass is 10.1. The van der Waals surface area contributed by atoms with Crippen molar-refractivity contribution in [3.8, 4) is 11.8 Å². The smallest absolute Gasteiger partial charge is 0.328 e. The minimum absolute atomic E-state index is 0.0194. The molecule has 0 unspecified atom stereocenters. The number of hydrogen-bond donors (Lipinski definition) is 2. The molecule has 0 saturated heterocycles. The number of nitriles is 1. The first kappa shape index (κ1) is 9.81. The van der Waals surface area contributed by atoms with Crippen LogP contribution in [0.25, 0.3) is 6.08 Å². The van der Waals surface area contributed by atoms with Crippen molar-refractivity contribution in [2.75, 3.05) is 0 Å². The van der Waals surface area contributed by atoms with Gasteiger partial charge in [-0.1, -0.05) is 0 Å². The zero-order chi connectivity index (χ0) is 10.6. The standard InChI is InChI=1S/C10H7NO3/c11-6-8-5-9(12)3-1-7(8)2-4-10(13)14/h1-5,12H,(H,13,14)/b4-2+. The number of carboxylic acids is 1. The number of nitrogens with zero attached hydrogens (tertiary/aromatic N) is 1. The van der Waals surface area contributed by atoms with Crippen LogP contribution in [0, 0.1) is 11.3 Å². The lowest BCUT2D eigenvalue weighted by Gasteiger charge is -1.97. The molecule has 2 N–H and O–H groups in total. The van der Waals surface area contributed by atoms with Crippen LogP contribution in [0.2, 0.25) is 0 Å². The predicted octanol–water partition coefficient (Wildman–Crippen LogP) is 1.36. The van der Waals surface area contributed by atoms with Gasteiger partial charge in [-0.15, -0.1) is 0 Å². The fraction of sp³-hybridized carbons (Fsp3) is 0. The summed E-state index contributed by atoms with van der Waals surface area (Å²) in [6, 6.07) is 6.01. The second-order valence-corrected chi connectivity index (χ2v) is 2.55. The molecule has 0 aliphatic carbocycles. The molecule has 0 fully saturated rings. The van der Waals surface area contributed by atoms with E-state index in [0.717, 1.165) is 6.08 Å². The molecule has 0 saturated carbocycles. The minimum Gasteiger partial charge on any atom is -0.508 e. The van der Waals surface area contributed by atoms with Gasteiger partial charge in [0.25, 0.3) is 0 Å². The molecule has 4 heteroatoms. The number of aliphatic carboxylic acids is 1. The molecule has 4 nitrogen and oxygen atoms in total. The van der Waals surface area contributed by atoms with E-state index < -0.39 is 5.97 Å². The van der Waals surface area contributed by atoms with Gasteiger partial charge in [0.1, 0.15) is 5.75 Å². The lowest BCUT2D eigenvalue weighted by molar-refractivity contribution is -0.131. The van der Waals surface area contributed by atoms with Crippen LogP contribution in [0.1, 0.15) is 11.1 Å². The minimum atomic E-state index is -1.08. The summed E-state index contributed by atoms with van der Waals surface area (Å²) in [5.74, 6) is -1.10. The number of phenolic OH excluding ortho intramolecular Hbond substituents is 1. The van der Waals surface area contributed by atoms with Crippen molar-refractivity contribution < 1.29 is 15.0 Å². The SMILES string of the molecule is N#Cc1cc(O)ccc1/C=C/C(=O)O. The maximum absolute atomic E-state index is 10.2. The molecule has 14 heavy (non-hydrogen) atoms. The first-order valence-corrected chi connectivity index (χ1v) is 3.77. The van der Waals surface area contributed by atoms with E-state index in [1.54, 1.807) is 0 Å². The summed E-state index contributed by atoms with van der Waals surface area (Å²) in [6.45, 7) is 0. The van der Waals surface area contributed by atoms with Gasteiger partial charge in [-0.05, 0) is 29.8 Å². The zero-order valence-corrected chi connectivity index (χ0v) is 7.14. The molecule has 0 spiro atoms. The highest BCUT2D eigenvalue weighted by molar-refractivity contribution is 5.85. The third-order valence-electron chi connectivity index (χ3n) is 1.56. The largest absolute Gasteiger partial charge is 0.508 e. The Bertz CT molecular complexity index is 429. The number of phenols is 1. The number of benzene rings is 1. The molecular weight excluding hydrogens is 182 g/mol. The van der Waals surface area contributed by atoms with Gasteiger partial charge in [-0.25, -0.2) is 4.79 Å². The van der Waals surface area contributed by atoms with Crippen LogP contribution < -0.4 is 0 Å². The molecule has 0 atom stereocenters. The van der Waals surface area contributed by atoms with Crippen molar-refractivity contribution >= 4 is 12.0 Å². The Labute approximate surface area is 80.3 Å². The highest BCUT2D eigenvalue weighted by Crippen LogP contribution is 2.16. The molecule has 1 aromatic carbocycles. The van der Waals surface area contributed by atoms with E-state index in [9.17, 15) is 4.79 Å². The summed E-state index contributed by atoms with van der Waals surface area (Å²) >= 11 is 0. The number of aromatic hydroxyl groups is 1. The second-order valence-electron chi connectivity index (χ2n) is 2.55. The number of carboxylic acid groups (broad SMARTS) is 1. The van der Waals surface area contributed by atoms with Crippen LogP contribution in [0.3, 0.4) is 0 Å². The topological polar surface area (TPSA) is 81.3 Å². The van der Waals surface area contributed by atoms with Gasteiger partial charge in [0.15, 0.2) is 0 Å². The third kappa shape index (κ3) is 2.35. The summed E-state index contributed by atoms with van der Waals surface area (Å²) in [7, 11) is 0. The van der Waals surface area contributed by atoms with Crippen LogP contribution in [0.15, 0.2) is 24.3 Å². The summed E-state index contributed by atoms with van der Waals surface area (Å²) in [5, 5.41) is 26.1. The van der Waals surface area contributed by atoms with E-state index in [2.05, 4.69) is 0 Å². The number of carbonyl (C=O) groups is 1. The van der Waals surface area contributed by atoms with E-state index in [1.807, 2.05) is 6.07 Å². The normalized spacial score (nSPS) is 9.93. The van der Waals surface area contributed by atoms with Crippen molar-refractivity contribution in [3.05, 3.63) is 35.4 Å². The second kappa shape index (κ2) is 4.10. The molecule has 0 aromatic heterocycles. The monoisotopic (exact) mass is 189 g/mol. The van der Waals surface area contributed by atoms with E-state index in [-0.39, 0.29) is 11.3 Å². The summed E-state index contributed by atoms with van der Waals surface area (Å²) in [6.07, 6.45) is 2.24. The van der Waals surface area contributed by atoms with Gasteiger partial charge in [0.2, 0.25) is 0 Å². The Kier molecular flexibility index (Phi) is 2.87. The maximum Gasteiger partial charge on any atom is 0.328 e. The van der Waals surface area contributed by atoms with Gasteiger partial charge in [0, 0.05) is 6.08 Å². The van der Waals surface area contributed by atoms with E-state index in [0.29, 0.717) is 5.56 Å². The Morgan fingerprint density at radius 3 is 2.79 bits per heavy atom. The van der Waals surface area contributed by atoms with Gasteiger partial charge in [-0.2, -0.15) is 5.26 Å². The van der Waals surface area contributed by atoms with Crippen molar-refractivity contribution in [2.45, 2.75) is 0 Å². The van der Waals surface area contributed by atoms with Crippen LogP contribution in [-0.4, -0.2) is 16.2 Å². The van der Waals surface area contributed by atoms with Crippen LogP contribution in [0.5, 0.6) is 5.75 Å². The van der Waals surface area contributed by atoms with Crippen LogP contribution >= 0.6 is 0 Å². The predicted molar refractivity (Wildman–Crippen MR) is 49.5 cm³/mol. The molecule has 1 rings (SSSR count). The van der Waals surface area contributed by atoms with Gasteiger partial charge in [-0.3, -0.25) is 0 Å². The zero-order valence-electron chi connectivity index (χ0n) is 7.14. The maximum atomic E-state index is 10.2. The van der Waals surface area contributed by atoms with Crippen LogP contribution in [0.4, 0.5) is 0 Å². The molecule has 0 radical (unpaired) electrons. The van der Waals surface area contributed by atoms with Gasteiger partial charge >= 0.3 is 5.97 Å². The molecule has 70 valence electrons. The average Bonchev–Trinajstić information content (AvgIpc) is 2.15. The molecular formula is C10H7NO3. The quantitative estimate of drug-likeness (QED) is 0.688. The summed E-state index contributed by atoms with van der Waals surface area (Å²) < 4.78 is 0. The lowest BCUT2D eigenvalue weighted by Crippen LogP contribution is -1.87. The Balaban J connectivity index is 3.10. The Morgan fingerprint density at radius 2 is 2.21 bits per heavy atom. The molecule has 0 amide bonds. The first-order chi connectivity index (χ1) is 6.63. The molecule has 0 bridgehead atoms. The summed E-state index contributed by atoms with van der Waals surface area (Å²) in [5.41, 5.74) is 0.704. The van der Waals surface area contributed by atoms with Crippen LogP contribution in [-0.2, 0) is 4.79 Å². The van der Waals surface area contributed by atoms with E-state index >= 15 is 0 Å². The summed E-state index contributed by atoms with van der Waals surface area (Å²) in [4.78, 5) is 10.2. The van der Waals surface area contributed by atoms with Crippen molar-refractivity contribution in [3.63, 3.8) is 0 Å². The highest BCUT2D eigenvalue weighted by atomic mass is 16.4. The van der Waals surface area contributed by atoms with Crippen molar-refractivity contribution in [1.82, 2.24) is 0 Å². The third-order valence-corrected chi connectivity index (χ3v) is 1.56. The number of rotatable bonds is 2. The number of hydrogen-bond acceptors (Lipinski definition) is 3. The van der Waals surface area contributed by atoms with Crippen molar-refractivity contribution in [1.29, 1.82) is 5.26 Å². The van der Waals surface area contributed by atoms with Gasteiger partial charge < -0.3 is 10.2 Å². The molecule has 1 aromatic rings. The van der Waals surface area contributed by atoms with Crippen molar-refractivity contribution in [2.24, 2.45) is 0 Å². The molecule has 0 aliphatic rings. The fourth-order valence-corrected chi connectivity index (χ4v) is 0.947. The highest BCUT2D eigenvalue weighted by Gasteiger charge is 2.00. The van der Waals surface area contributed by atoms with Gasteiger partial charge in [0.05, 0.1) is 11.6 Å². The molecule has 0 heterocycles. The van der Waals surface area contributed by atoms with E-state index in [4.69, 9.17) is 15.5 Å². The Morgan fingerprint density at radius 1 is 1.50 bits per heavy atom. The first-order valence-electron chi connectivity index (χ1n) is 3.77. The molecule has 0 aliphatic heterocycles. The van der Waals surface area contributed by atoms with E-state index in [1.165, 1.54) is 24.3 Å². The fourth-order valence-electron chi connectivity index (χ4n) is 0.947. The Hall–Kier alpha value is -2.28.